The number of pyridine rings is 1. The van der Waals surface area contributed by atoms with Crippen molar-refractivity contribution in [1.82, 2.24) is 25.5 Å². The standard InChI is InChI=1S/C16H14ClN5O2/c1-24-13-5-4-11(17)7-12(13)16(23)19-9-14-20-15(22-21-14)10-3-2-6-18-8-10/h2-8H,9H2,1H3,(H,19,23)(H,20,21,22). The Morgan fingerprint density at radius 2 is 2.25 bits per heavy atom. The number of hydrogen-bond donors (Lipinski definition) is 2. The number of nitrogens with one attached hydrogen (secondary N) is 2. The van der Waals surface area contributed by atoms with Crippen LogP contribution in [-0.4, -0.2) is 33.2 Å². The number of aromatic amines is 1. The molecule has 0 saturated heterocycles. The normalized spacial score (nSPS) is 10.4. The van der Waals surface area contributed by atoms with Crippen molar-refractivity contribution in [2.45, 2.75) is 6.54 Å². The average molecular weight is 344 g/mol. The monoisotopic (exact) mass is 343 g/mol. The molecule has 122 valence electrons. The van der Waals surface area contributed by atoms with E-state index in [1.165, 1.54) is 7.11 Å². The minimum atomic E-state index is -0.311. The van der Waals surface area contributed by atoms with Crippen LogP contribution in [0.4, 0.5) is 0 Å². The molecule has 0 spiro atoms. The second kappa shape index (κ2) is 7.10. The van der Waals surface area contributed by atoms with Crippen molar-refractivity contribution < 1.29 is 9.53 Å². The first-order valence-electron chi connectivity index (χ1n) is 7.11. The Bertz CT molecular complexity index is 851. The van der Waals surface area contributed by atoms with Gasteiger partial charge in [-0.2, -0.15) is 5.10 Å². The maximum atomic E-state index is 12.3. The fraction of sp³-hybridized carbons (Fsp3) is 0.125. The third kappa shape index (κ3) is 3.52. The number of amides is 1. The summed E-state index contributed by atoms with van der Waals surface area (Å²) < 4.78 is 5.17. The summed E-state index contributed by atoms with van der Waals surface area (Å²) in [6.07, 6.45) is 3.35. The number of ether oxygens (including phenoxy) is 1. The van der Waals surface area contributed by atoms with Gasteiger partial charge in [-0.3, -0.25) is 14.9 Å². The van der Waals surface area contributed by atoms with Crippen molar-refractivity contribution in [2.75, 3.05) is 7.11 Å². The van der Waals surface area contributed by atoms with Crippen LogP contribution in [0, 0.1) is 0 Å². The summed E-state index contributed by atoms with van der Waals surface area (Å²) in [5.41, 5.74) is 1.15. The maximum Gasteiger partial charge on any atom is 0.255 e. The number of methoxy groups -OCH3 is 1. The number of carbonyl (C=O) groups is 1. The third-order valence-corrected chi connectivity index (χ3v) is 3.51. The van der Waals surface area contributed by atoms with Crippen LogP contribution in [0.15, 0.2) is 42.7 Å². The maximum absolute atomic E-state index is 12.3. The Labute approximate surface area is 143 Å². The second-order valence-electron chi connectivity index (χ2n) is 4.87. The lowest BCUT2D eigenvalue weighted by molar-refractivity contribution is 0.0947. The molecule has 0 unspecified atom stereocenters. The molecule has 2 aromatic heterocycles. The van der Waals surface area contributed by atoms with E-state index >= 15 is 0 Å². The molecule has 1 aromatic carbocycles. The highest BCUT2D eigenvalue weighted by molar-refractivity contribution is 6.31. The summed E-state index contributed by atoms with van der Waals surface area (Å²) in [5, 5.41) is 10.1. The first-order valence-corrected chi connectivity index (χ1v) is 7.48. The molecule has 0 aliphatic carbocycles. The van der Waals surface area contributed by atoms with Gasteiger partial charge in [-0.15, -0.1) is 0 Å². The molecule has 0 fully saturated rings. The number of nitrogens with zero attached hydrogens (tertiary/aromatic N) is 3. The number of hydrogen-bond acceptors (Lipinski definition) is 5. The fourth-order valence-electron chi connectivity index (χ4n) is 2.12. The van der Waals surface area contributed by atoms with E-state index in [9.17, 15) is 4.79 Å². The van der Waals surface area contributed by atoms with E-state index in [1.807, 2.05) is 6.07 Å². The van der Waals surface area contributed by atoms with Crippen LogP contribution in [-0.2, 0) is 6.54 Å². The van der Waals surface area contributed by atoms with Gasteiger partial charge >= 0.3 is 0 Å². The van der Waals surface area contributed by atoms with E-state index in [4.69, 9.17) is 16.3 Å². The molecule has 0 radical (unpaired) electrons. The first-order chi connectivity index (χ1) is 11.7. The largest absolute Gasteiger partial charge is 0.496 e. The Balaban J connectivity index is 1.69. The van der Waals surface area contributed by atoms with Gasteiger partial charge in [0.25, 0.3) is 5.91 Å². The summed E-state index contributed by atoms with van der Waals surface area (Å²) in [4.78, 5) is 20.7. The molecule has 3 aromatic rings. The molecular weight excluding hydrogens is 330 g/mol. The van der Waals surface area contributed by atoms with Crippen LogP contribution in [0.3, 0.4) is 0 Å². The quantitative estimate of drug-likeness (QED) is 0.742. The number of halogens is 1. The van der Waals surface area contributed by atoms with Gasteiger partial charge in [-0.25, -0.2) is 4.98 Å². The molecule has 8 heteroatoms. The van der Waals surface area contributed by atoms with Gasteiger partial charge in [-0.1, -0.05) is 11.6 Å². The summed E-state index contributed by atoms with van der Waals surface area (Å²) in [5.74, 6) is 1.19. The molecule has 2 heterocycles. The molecule has 0 aliphatic heterocycles. The number of aromatic nitrogens is 4. The fourth-order valence-corrected chi connectivity index (χ4v) is 2.29. The van der Waals surface area contributed by atoms with Gasteiger partial charge in [0, 0.05) is 23.0 Å². The highest BCUT2D eigenvalue weighted by Crippen LogP contribution is 2.22. The van der Waals surface area contributed by atoms with Crippen LogP contribution in [0.5, 0.6) is 5.75 Å². The third-order valence-electron chi connectivity index (χ3n) is 3.27. The van der Waals surface area contributed by atoms with Crippen LogP contribution >= 0.6 is 11.6 Å². The smallest absolute Gasteiger partial charge is 0.255 e. The SMILES string of the molecule is COc1ccc(Cl)cc1C(=O)NCc1nc(-c2cccnc2)n[nH]1. The van der Waals surface area contributed by atoms with Crippen LogP contribution in [0.2, 0.25) is 5.02 Å². The van der Waals surface area contributed by atoms with Crippen molar-refractivity contribution in [3.05, 3.63) is 59.1 Å². The van der Waals surface area contributed by atoms with Gasteiger partial charge in [-0.05, 0) is 30.3 Å². The van der Waals surface area contributed by atoms with Gasteiger partial charge < -0.3 is 10.1 Å². The van der Waals surface area contributed by atoms with E-state index < -0.39 is 0 Å². The van der Waals surface area contributed by atoms with Crippen molar-refractivity contribution in [1.29, 1.82) is 0 Å². The van der Waals surface area contributed by atoms with E-state index in [1.54, 1.807) is 36.7 Å². The number of benzene rings is 1. The number of H-pyrrole nitrogens is 1. The van der Waals surface area contributed by atoms with E-state index in [0.29, 0.717) is 28.0 Å². The molecule has 0 saturated carbocycles. The van der Waals surface area contributed by atoms with Crippen molar-refractivity contribution in [3.63, 3.8) is 0 Å². The highest BCUT2D eigenvalue weighted by Gasteiger charge is 2.14. The predicted octanol–water partition coefficient (Wildman–Crippen LogP) is 2.46. The molecule has 3 rings (SSSR count). The number of carbonyl (C=O) groups excluding carboxylic acids is 1. The van der Waals surface area contributed by atoms with Crippen LogP contribution in [0.25, 0.3) is 11.4 Å². The van der Waals surface area contributed by atoms with E-state index in [-0.39, 0.29) is 12.5 Å². The molecular formula is C16H14ClN5O2. The Kier molecular flexibility index (Phi) is 4.72. The molecule has 0 bridgehead atoms. The summed E-state index contributed by atoms with van der Waals surface area (Å²) >= 11 is 5.94. The highest BCUT2D eigenvalue weighted by atomic mass is 35.5. The molecule has 2 N–H and O–H groups in total. The second-order valence-corrected chi connectivity index (χ2v) is 5.31. The van der Waals surface area contributed by atoms with Gasteiger partial charge in [0.15, 0.2) is 5.82 Å². The lowest BCUT2D eigenvalue weighted by Crippen LogP contribution is -2.24. The predicted molar refractivity (Wildman–Crippen MR) is 88.8 cm³/mol. The van der Waals surface area contributed by atoms with Crippen molar-refractivity contribution in [2.24, 2.45) is 0 Å². The van der Waals surface area contributed by atoms with Crippen LogP contribution < -0.4 is 10.1 Å². The van der Waals surface area contributed by atoms with Gasteiger partial charge in [0.1, 0.15) is 11.6 Å². The average Bonchev–Trinajstić information content (AvgIpc) is 3.09. The van der Waals surface area contributed by atoms with E-state index in [2.05, 4.69) is 25.5 Å². The molecule has 0 atom stereocenters. The Morgan fingerprint density at radius 3 is 3.00 bits per heavy atom. The van der Waals surface area contributed by atoms with Crippen LogP contribution in [0.1, 0.15) is 16.2 Å². The molecule has 0 aliphatic rings. The zero-order valence-electron chi connectivity index (χ0n) is 12.8. The topological polar surface area (TPSA) is 92.8 Å². The minimum Gasteiger partial charge on any atom is -0.496 e. The summed E-state index contributed by atoms with van der Waals surface area (Å²) in [6.45, 7) is 0.196. The lowest BCUT2D eigenvalue weighted by atomic mass is 10.2. The molecule has 24 heavy (non-hydrogen) atoms. The van der Waals surface area contributed by atoms with Crippen molar-refractivity contribution >= 4 is 17.5 Å². The zero-order valence-corrected chi connectivity index (χ0v) is 13.5. The van der Waals surface area contributed by atoms with Gasteiger partial charge in [0.05, 0.1) is 19.2 Å². The Hall–Kier alpha value is -2.93. The minimum absolute atomic E-state index is 0.196. The van der Waals surface area contributed by atoms with Crippen molar-refractivity contribution in [3.8, 4) is 17.1 Å². The summed E-state index contributed by atoms with van der Waals surface area (Å²) in [7, 11) is 1.50. The van der Waals surface area contributed by atoms with Gasteiger partial charge in [0.2, 0.25) is 0 Å². The zero-order chi connectivity index (χ0) is 16.9. The Morgan fingerprint density at radius 1 is 1.38 bits per heavy atom. The summed E-state index contributed by atoms with van der Waals surface area (Å²) in [6, 6.07) is 8.52. The number of rotatable bonds is 5. The molecule has 1 amide bonds. The lowest BCUT2D eigenvalue weighted by Gasteiger charge is -2.08. The first kappa shape index (κ1) is 15.9. The molecule has 7 nitrogen and oxygen atoms in total. The van der Waals surface area contributed by atoms with E-state index in [0.717, 1.165) is 5.56 Å².